The largest absolute Gasteiger partial charge is 0.385 e. The number of amides is 2. The second-order valence-electron chi connectivity index (χ2n) is 4.11. The smallest absolute Gasteiger partial charge is 0.346 e. The second-order valence-corrected chi connectivity index (χ2v) is 4.11. The number of nitrogens with zero attached hydrogens (tertiary/aromatic N) is 2. The minimum atomic E-state index is -0.520. The minimum Gasteiger partial charge on any atom is -0.385 e. The first kappa shape index (κ1) is 11.3. The number of methoxy groups -OCH3 is 1. The predicted molar refractivity (Wildman–Crippen MR) is 58.4 cm³/mol. The second kappa shape index (κ2) is 4.39. The lowest BCUT2D eigenvalue weighted by Crippen LogP contribution is -2.59. The zero-order valence-electron chi connectivity index (χ0n) is 9.44. The number of hydrogen-bond acceptors (Lipinski definition) is 4. The average molecular weight is 227 g/mol. The molecule has 0 aromatic heterocycles. The molecule has 6 nitrogen and oxygen atoms in total. The summed E-state index contributed by atoms with van der Waals surface area (Å²) >= 11 is 0. The van der Waals surface area contributed by atoms with Crippen molar-refractivity contribution in [2.45, 2.75) is 18.4 Å². The van der Waals surface area contributed by atoms with Crippen LogP contribution in [0.5, 0.6) is 0 Å². The molecule has 1 fully saturated rings. The highest BCUT2D eigenvalue weighted by atomic mass is 16.5. The van der Waals surface area contributed by atoms with Crippen molar-refractivity contribution in [2.75, 3.05) is 33.5 Å². The standard InChI is InChI=1S/C10H17N3O3/c1-15-6-4-13-9(14)12-8(11)10(13)3-2-5-16-7-10/h2-7H2,1H3,(H2,11,12,14). The summed E-state index contributed by atoms with van der Waals surface area (Å²) in [5, 5.41) is 0. The Morgan fingerprint density at radius 3 is 3.12 bits per heavy atom. The molecule has 6 heteroatoms. The molecule has 2 heterocycles. The Balaban J connectivity index is 2.17. The molecule has 2 amide bonds. The fourth-order valence-electron chi connectivity index (χ4n) is 2.28. The third-order valence-corrected chi connectivity index (χ3v) is 3.18. The number of ether oxygens (including phenoxy) is 2. The molecule has 0 radical (unpaired) electrons. The molecular weight excluding hydrogens is 210 g/mol. The van der Waals surface area contributed by atoms with Crippen LogP contribution >= 0.6 is 0 Å². The summed E-state index contributed by atoms with van der Waals surface area (Å²) in [6, 6.07) is -0.278. The van der Waals surface area contributed by atoms with Gasteiger partial charge in [0.2, 0.25) is 0 Å². The third-order valence-electron chi connectivity index (χ3n) is 3.18. The topological polar surface area (TPSA) is 77.2 Å². The van der Waals surface area contributed by atoms with Crippen molar-refractivity contribution >= 4 is 11.9 Å². The SMILES string of the molecule is COCCN1C(=O)N=C(N)C12CCCOC2. The predicted octanol–water partition coefficient (Wildman–Crippen LogP) is -0.0252. The Labute approximate surface area is 94.4 Å². The van der Waals surface area contributed by atoms with Gasteiger partial charge in [-0.3, -0.25) is 0 Å². The number of urea groups is 1. The van der Waals surface area contributed by atoms with E-state index < -0.39 is 5.54 Å². The van der Waals surface area contributed by atoms with E-state index in [4.69, 9.17) is 15.2 Å². The molecule has 90 valence electrons. The van der Waals surface area contributed by atoms with E-state index in [1.165, 1.54) is 0 Å². The van der Waals surface area contributed by atoms with Crippen LogP contribution in [0.25, 0.3) is 0 Å². The van der Waals surface area contributed by atoms with Gasteiger partial charge in [-0.2, -0.15) is 4.99 Å². The first-order valence-corrected chi connectivity index (χ1v) is 5.43. The molecule has 2 aliphatic rings. The number of hydrogen-bond donors (Lipinski definition) is 1. The van der Waals surface area contributed by atoms with E-state index in [-0.39, 0.29) is 6.03 Å². The molecule has 2 N–H and O–H groups in total. The van der Waals surface area contributed by atoms with Gasteiger partial charge in [-0.15, -0.1) is 0 Å². The fraction of sp³-hybridized carbons (Fsp3) is 0.800. The van der Waals surface area contributed by atoms with Crippen LogP contribution in [0.3, 0.4) is 0 Å². The van der Waals surface area contributed by atoms with Crippen molar-refractivity contribution in [2.24, 2.45) is 10.7 Å². The highest BCUT2D eigenvalue weighted by molar-refractivity contribution is 6.06. The van der Waals surface area contributed by atoms with Gasteiger partial charge >= 0.3 is 6.03 Å². The molecule has 1 atom stereocenters. The van der Waals surface area contributed by atoms with Gasteiger partial charge in [-0.25, -0.2) is 4.79 Å². The van der Waals surface area contributed by atoms with Crippen LogP contribution in [0.4, 0.5) is 4.79 Å². The number of carbonyl (C=O) groups excluding carboxylic acids is 1. The molecule has 0 bridgehead atoms. The molecule has 16 heavy (non-hydrogen) atoms. The molecule has 1 unspecified atom stereocenters. The number of aliphatic imine (C=N–C) groups is 1. The van der Waals surface area contributed by atoms with Gasteiger partial charge in [0.25, 0.3) is 0 Å². The van der Waals surface area contributed by atoms with E-state index in [1.807, 2.05) is 0 Å². The normalized spacial score (nSPS) is 29.9. The molecule has 0 aromatic carbocycles. The molecule has 1 saturated heterocycles. The van der Waals surface area contributed by atoms with E-state index in [0.29, 0.717) is 25.6 Å². The summed E-state index contributed by atoms with van der Waals surface area (Å²) in [5.41, 5.74) is 5.34. The molecule has 0 aromatic rings. The van der Waals surface area contributed by atoms with Gasteiger partial charge in [-0.1, -0.05) is 0 Å². The van der Waals surface area contributed by atoms with Crippen molar-refractivity contribution in [1.29, 1.82) is 0 Å². The Morgan fingerprint density at radius 2 is 2.50 bits per heavy atom. The van der Waals surface area contributed by atoms with Gasteiger partial charge in [0.15, 0.2) is 0 Å². The van der Waals surface area contributed by atoms with Crippen LogP contribution in [0.2, 0.25) is 0 Å². The van der Waals surface area contributed by atoms with Crippen LogP contribution < -0.4 is 5.73 Å². The number of carbonyl (C=O) groups is 1. The molecule has 2 rings (SSSR count). The van der Waals surface area contributed by atoms with E-state index >= 15 is 0 Å². The molecule has 0 saturated carbocycles. The monoisotopic (exact) mass is 227 g/mol. The van der Waals surface area contributed by atoms with Crippen LogP contribution in [0, 0.1) is 0 Å². The highest BCUT2D eigenvalue weighted by Crippen LogP contribution is 2.31. The van der Waals surface area contributed by atoms with E-state index in [9.17, 15) is 4.79 Å². The number of rotatable bonds is 3. The fourth-order valence-corrected chi connectivity index (χ4v) is 2.28. The van der Waals surface area contributed by atoms with Crippen LogP contribution in [0.15, 0.2) is 4.99 Å². The first-order valence-electron chi connectivity index (χ1n) is 5.43. The quantitative estimate of drug-likeness (QED) is 0.734. The average Bonchev–Trinajstić information content (AvgIpc) is 2.50. The van der Waals surface area contributed by atoms with Crippen LogP contribution in [-0.2, 0) is 9.47 Å². The maximum Gasteiger partial charge on any atom is 0.346 e. The van der Waals surface area contributed by atoms with E-state index in [1.54, 1.807) is 12.0 Å². The van der Waals surface area contributed by atoms with Gasteiger partial charge < -0.3 is 20.1 Å². The van der Waals surface area contributed by atoms with Crippen molar-refractivity contribution < 1.29 is 14.3 Å². The summed E-state index contributed by atoms with van der Waals surface area (Å²) in [6.45, 7) is 2.15. The Kier molecular flexibility index (Phi) is 3.11. The van der Waals surface area contributed by atoms with Crippen molar-refractivity contribution in [3.8, 4) is 0 Å². The molecule has 1 spiro atoms. The maximum atomic E-state index is 11.7. The zero-order valence-corrected chi connectivity index (χ0v) is 9.44. The van der Waals surface area contributed by atoms with E-state index in [2.05, 4.69) is 4.99 Å². The third kappa shape index (κ3) is 1.68. The lowest BCUT2D eigenvalue weighted by molar-refractivity contribution is 0.00331. The van der Waals surface area contributed by atoms with Crippen LogP contribution in [0.1, 0.15) is 12.8 Å². The Morgan fingerprint density at radius 1 is 1.69 bits per heavy atom. The summed E-state index contributed by atoms with van der Waals surface area (Å²) < 4.78 is 10.4. The van der Waals surface area contributed by atoms with Gasteiger partial charge in [-0.05, 0) is 12.8 Å². The minimum absolute atomic E-state index is 0.278. The highest BCUT2D eigenvalue weighted by Gasteiger charge is 2.49. The molecular formula is C10H17N3O3. The maximum absolute atomic E-state index is 11.7. The Bertz CT molecular complexity index is 310. The lowest BCUT2D eigenvalue weighted by atomic mass is 9.90. The van der Waals surface area contributed by atoms with E-state index in [0.717, 1.165) is 19.4 Å². The van der Waals surface area contributed by atoms with Gasteiger partial charge in [0.05, 0.1) is 13.2 Å². The Hall–Kier alpha value is -1.14. The molecule has 2 aliphatic heterocycles. The van der Waals surface area contributed by atoms with Crippen molar-refractivity contribution in [3.63, 3.8) is 0 Å². The first-order chi connectivity index (χ1) is 7.70. The lowest BCUT2D eigenvalue weighted by Gasteiger charge is -2.40. The van der Waals surface area contributed by atoms with Crippen molar-refractivity contribution in [3.05, 3.63) is 0 Å². The number of nitrogens with two attached hydrogens (primary N) is 1. The summed E-state index contributed by atoms with van der Waals surface area (Å²) in [5.74, 6) is 0.383. The van der Waals surface area contributed by atoms with Crippen LogP contribution in [-0.4, -0.2) is 55.8 Å². The van der Waals surface area contributed by atoms with Crippen molar-refractivity contribution in [1.82, 2.24) is 4.90 Å². The van der Waals surface area contributed by atoms with Gasteiger partial charge in [0, 0.05) is 20.3 Å². The summed E-state index contributed by atoms with van der Waals surface area (Å²) in [6.07, 6.45) is 1.71. The van der Waals surface area contributed by atoms with Gasteiger partial charge in [0.1, 0.15) is 11.4 Å². The zero-order chi connectivity index (χ0) is 11.6. The number of amidine groups is 1. The summed E-state index contributed by atoms with van der Waals surface area (Å²) in [4.78, 5) is 17.2. The molecule has 0 aliphatic carbocycles. The summed E-state index contributed by atoms with van der Waals surface area (Å²) in [7, 11) is 1.61.